The molecule has 0 bridgehead atoms. The highest BCUT2D eigenvalue weighted by molar-refractivity contribution is 5.53. The molecule has 0 radical (unpaired) electrons. The topological polar surface area (TPSA) is 33.0 Å². The van der Waals surface area contributed by atoms with E-state index in [1.807, 2.05) is 18.2 Å². The van der Waals surface area contributed by atoms with Crippen LogP contribution < -0.4 is 34.1 Å². The van der Waals surface area contributed by atoms with E-state index < -0.39 is 0 Å². The van der Waals surface area contributed by atoms with Gasteiger partial charge in [0, 0.05) is 12.1 Å². The number of carbonyl (C=O) groups excluding carboxylic acids is 1. The second-order valence-corrected chi connectivity index (χ2v) is 1.53. The van der Waals surface area contributed by atoms with Crippen molar-refractivity contribution in [1.29, 1.82) is 0 Å². The highest BCUT2D eigenvalue weighted by Gasteiger charge is 1.89. The summed E-state index contributed by atoms with van der Waals surface area (Å²) in [6.07, 6.45) is 4.11. The SMILES string of the molecule is O=CN[n+]1ccccc1.[I-]. The fraction of sp³-hybridized carbons (Fsp3) is 0. The number of rotatable bonds is 2. The molecule has 0 aliphatic heterocycles. The molecule has 0 fully saturated rings. The van der Waals surface area contributed by atoms with Gasteiger partial charge in [0.2, 0.25) is 0 Å². The van der Waals surface area contributed by atoms with Crippen LogP contribution in [0.2, 0.25) is 0 Å². The Morgan fingerprint density at radius 3 is 2.30 bits per heavy atom. The molecular weight excluding hydrogens is 243 g/mol. The van der Waals surface area contributed by atoms with E-state index >= 15 is 0 Å². The first kappa shape index (κ1) is 9.35. The maximum Gasteiger partial charge on any atom is 0.262 e. The summed E-state index contributed by atoms with van der Waals surface area (Å²) >= 11 is 0. The third-order valence-corrected chi connectivity index (χ3v) is 0.917. The zero-order valence-corrected chi connectivity index (χ0v) is 7.36. The van der Waals surface area contributed by atoms with E-state index in [0.29, 0.717) is 6.41 Å². The summed E-state index contributed by atoms with van der Waals surface area (Å²) in [5, 5.41) is 0. The Balaban J connectivity index is 0.000000810. The zero-order chi connectivity index (χ0) is 6.53. The molecule has 1 aromatic heterocycles. The minimum atomic E-state index is 0. The van der Waals surface area contributed by atoms with Gasteiger partial charge in [0.25, 0.3) is 6.41 Å². The Bertz CT molecular complexity index is 190. The van der Waals surface area contributed by atoms with Crippen molar-refractivity contribution in [1.82, 2.24) is 0 Å². The van der Waals surface area contributed by atoms with E-state index in [9.17, 15) is 4.79 Å². The summed E-state index contributed by atoms with van der Waals surface area (Å²) in [6.45, 7) is 0. The summed E-state index contributed by atoms with van der Waals surface area (Å²) in [5.74, 6) is 0. The number of carbonyl (C=O) groups is 1. The fourth-order valence-corrected chi connectivity index (χ4v) is 0.546. The van der Waals surface area contributed by atoms with Crippen LogP contribution in [0.3, 0.4) is 0 Å². The van der Waals surface area contributed by atoms with E-state index in [1.165, 1.54) is 0 Å². The van der Waals surface area contributed by atoms with Gasteiger partial charge in [0.05, 0.1) is 0 Å². The molecule has 3 nitrogen and oxygen atoms in total. The predicted molar refractivity (Wildman–Crippen MR) is 32.1 cm³/mol. The predicted octanol–water partition coefficient (Wildman–Crippen LogP) is -3.32. The highest BCUT2D eigenvalue weighted by atomic mass is 127. The van der Waals surface area contributed by atoms with Gasteiger partial charge in [-0.15, -0.1) is 5.43 Å². The smallest absolute Gasteiger partial charge is 0.262 e. The number of hydrogen-bond donors (Lipinski definition) is 1. The van der Waals surface area contributed by atoms with Gasteiger partial charge in [-0.1, -0.05) is 10.7 Å². The molecule has 0 atom stereocenters. The minimum absolute atomic E-state index is 0. The van der Waals surface area contributed by atoms with Gasteiger partial charge < -0.3 is 24.0 Å². The molecule has 54 valence electrons. The Hall–Kier alpha value is -0.650. The van der Waals surface area contributed by atoms with Gasteiger partial charge in [-0.3, -0.25) is 4.79 Å². The van der Waals surface area contributed by atoms with Gasteiger partial charge in [-0.25, -0.2) is 0 Å². The second-order valence-electron chi connectivity index (χ2n) is 1.53. The molecular formula is C6H7IN2O. The van der Waals surface area contributed by atoms with Crippen molar-refractivity contribution in [3.8, 4) is 0 Å². The third kappa shape index (κ3) is 2.77. The summed E-state index contributed by atoms with van der Waals surface area (Å²) in [5.41, 5.74) is 2.44. The molecule has 0 aliphatic rings. The number of nitrogens with zero attached hydrogens (tertiary/aromatic N) is 1. The van der Waals surface area contributed by atoms with Crippen molar-refractivity contribution in [2.24, 2.45) is 0 Å². The Labute approximate surface area is 76.1 Å². The lowest BCUT2D eigenvalue weighted by Crippen LogP contribution is -3.00. The van der Waals surface area contributed by atoms with Crippen LogP contribution in [0.1, 0.15) is 0 Å². The standard InChI is InChI=1S/C6H6N2O.HI/c9-6-7-8-4-2-1-3-5-8;/h1-6H;1H. The third-order valence-electron chi connectivity index (χ3n) is 0.917. The van der Waals surface area contributed by atoms with Gasteiger partial charge in [0.15, 0.2) is 12.4 Å². The maximum absolute atomic E-state index is 9.84. The number of hydrogen-bond acceptors (Lipinski definition) is 1. The molecule has 1 heterocycles. The highest BCUT2D eigenvalue weighted by Crippen LogP contribution is 1.72. The second kappa shape index (κ2) is 5.16. The largest absolute Gasteiger partial charge is 1.00 e. The fourth-order valence-electron chi connectivity index (χ4n) is 0.546. The van der Waals surface area contributed by atoms with Crippen molar-refractivity contribution in [3.63, 3.8) is 0 Å². The Morgan fingerprint density at radius 1 is 1.20 bits per heavy atom. The molecule has 0 saturated heterocycles. The molecule has 0 saturated carbocycles. The van der Waals surface area contributed by atoms with Crippen LogP contribution in [0, 0.1) is 0 Å². The van der Waals surface area contributed by atoms with E-state index in [2.05, 4.69) is 5.43 Å². The van der Waals surface area contributed by atoms with Gasteiger partial charge in [-0.2, -0.15) is 0 Å². The van der Waals surface area contributed by atoms with Crippen molar-refractivity contribution in [2.75, 3.05) is 5.43 Å². The molecule has 1 N–H and O–H groups in total. The number of amides is 1. The van der Waals surface area contributed by atoms with Crippen LogP contribution in [-0.2, 0) is 4.79 Å². The van der Waals surface area contributed by atoms with Crippen molar-refractivity contribution >= 4 is 6.41 Å². The van der Waals surface area contributed by atoms with Crippen LogP contribution in [0.15, 0.2) is 30.6 Å². The van der Waals surface area contributed by atoms with E-state index in [0.717, 1.165) is 0 Å². The first-order valence-electron chi connectivity index (χ1n) is 2.60. The van der Waals surface area contributed by atoms with Crippen LogP contribution in [0.4, 0.5) is 0 Å². The van der Waals surface area contributed by atoms with Crippen LogP contribution >= 0.6 is 0 Å². The zero-order valence-electron chi connectivity index (χ0n) is 5.20. The van der Waals surface area contributed by atoms with Gasteiger partial charge in [-0.05, 0) is 0 Å². The molecule has 0 spiro atoms. The molecule has 0 unspecified atom stereocenters. The number of nitrogens with one attached hydrogen (secondary N) is 1. The number of halogens is 1. The monoisotopic (exact) mass is 250 g/mol. The molecule has 4 heteroatoms. The summed E-state index contributed by atoms with van der Waals surface area (Å²) in [7, 11) is 0. The first-order chi connectivity index (χ1) is 4.43. The minimum Gasteiger partial charge on any atom is -1.00 e. The number of pyridine rings is 1. The molecule has 0 aliphatic carbocycles. The normalized spacial score (nSPS) is 7.60. The molecule has 1 amide bonds. The lowest BCUT2D eigenvalue weighted by molar-refractivity contribution is -0.641. The Morgan fingerprint density at radius 2 is 1.80 bits per heavy atom. The average molecular weight is 250 g/mol. The van der Waals surface area contributed by atoms with Crippen LogP contribution in [0.25, 0.3) is 0 Å². The summed E-state index contributed by atoms with van der Waals surface area (Å²) in [4.78, 5) is 9.84. The summed E-state index contributed by atoms with van der Waals surface area (Å²) < 4.78 is 1.56. The van der Waals surface area contributed by atoms with Crippen molar-refractivity contribution in [3.05, 3.63) is 30.6 Å². The lowest BCUT2D eigenvalue weighted by atomic mass is 10.5. The van der Waals surface area contributed by atoms with Crippen LogP contribution in [-0.4, -0.2) is 6.41 Å². The van der Waals surface area contributed by atoms with Crippen molar-refractivity contribution < 1.29 is 33.4 Å². The number of aromatic nitrogens is 1. The lowest BCUT2D eigenvalue weighted by Gasteiger charge is -1.85. The van der Waals surface area contributed by atoms with E-state index in [1.54, 1.807) is 17.1 Å². The maximum atomic E-state index is 9.84. The molecule has 10 heavy (non-hydrogen) atoms. The molecule has 1 aromatic rings. The average Bonchev–Trinajstić information content (AvgIpc) is 1.91. The first-order valence-corrected chi connectivity index (χ1v) is 2.60. The van der Waals surface area contributed by atoms with Crippen LogP contribution in [0.5, 0.6) is 0 Å². The molecule has 0 aromatic carbocycles. The van der Waals surface area contributed by atoms with E-state index in [-0.39, 0.29) is 24.0 Å². The van der Waals surface area contributed by atoms with Gasteiger partial charge in [0.1, 0.15) is 0 Å². The van der Waals surface area contributed by atoms with E-state index in [4.69, 9.17) is 0 Å². The summed E-state index contributed by atoms with van der Waals surface area (Å²) in [6, 6.07) is 5.54. The quantitative estimate of drug-likeness (QED) is 0.332. The van der Waals surface area contributed by atoms with Gasteiger partial charge >= 0.3 is 0 Å². The van der Waals surface area contributed by atoms with Crippen molar-refractivity contribution in [2.45, 2.75) is 0 Å². The molecule has 1 rings (SSSR count). The Kier molecular flexibility index (Phi) is 4.82.